The zero-order chi connectivity index (χ0) is 3.58. The maximum Gasteiger partial charge on any atom is 2.00 e. The van der Waals surface area contributed by atoms with Gasteiger partial charge in [-0.15, -0.1) is 0 Å². The summed E-state index contributed by atoms with van der Waals surface area (Å²) < 4.78 is 0. The van der Waals surface area contributed by atoms with Crippen LogP contribution in [0.1, 0.15) is 0 Å². The first-order valence-electron chi connectivity index (χ1n) is 0.548. The summed E-state index contributed by atoms with van der Waals surface area (Å²) in [5.74, 6) is 0. The number of nitrogens with zero attached hydrogens (tertiary/aromatic N) is 1. The van der Waals surface area contributed by atoms with Crippen molar-refractivity contribution >= 4 is 60.8 Å². The van der Waals surface area contributed by atoms with Crippen molar-refractivity contribution in [3.8, 4) is 0 Å². The maximum atomic E-state index is 8.25. The zero-order valence-corrected chi connectivity index (χ0v) is 7.16. The molecule has 0 aromatic heterocycles. The third-order valence-electron chi connectivity index (χ3n) is 0. The molecule has 0 radical (unpaired) electrons. The Morgan fingerprint density at radius 1 is 1.29 bits per heavy atom. The van der Waals surface area contributed by atoms with Crippen molar-refractivity contribution in [3.05, 3.63) is 15.3 Å². The molecule has 0 saturated heterocycles. The predicted molar refractivity (Wildman–Crippen MR) is 23.8 cm³/mol. The average molecular weight is 143 g/mol. The fourth-order valence-corrected chi connectivity index (χ4v) is 0. The Hall–Kier alpha value is 1.19. The van der Waals surface area contributed by atoms with Gasteiger partial charge in [0, 0.05) is 0 Å². The number of hydrogen-bond donors (Lipinski definition) is 0. The van der Waals surface area contributed by atoms with Gasteiger partial charge in [0.05, 0.1) is 5.09 Å². The van der Waals surface area contributed by atoms with Crippen molar-refractivity contribution in [1.82, 2.24) is 0 Å². The molecule has 0 bridgehead atoms. The Labute approximate surface area is 85.6 Å². The summed E-state index contributed by atoms with van der Waals surface area (Å²) in [5, 5.41) is 14.8. The standard InChI is InChI=1S/Ca.Mg.NO3.H2O/c;;2-1(3)4;/h;;;1H2/q2*+2;-1;/p-1. The molecule has 7 heavy (non-hydrogen) atoms. The summed E-state index contributed by atoms with van der Waals surface area (Å²) in [6, 6.07) is 0. The van der Waals surface area contributed by atoms with Crippen LogP contribution < -0.4 is 0 Å². The van der Waals surface area contributed by atoms with E-state index in [0.717, 1.165) is 0 Å². The van der Waals surface area contributed by atoms with E-state index in [-0.39, 0.29) is 66.3 Å². The molecule has 5 nitrogen and oxygen atoms in total. The van der Waals surface area contributed by atoms with Crippen LogP contribution in [0.4, 0.5) is 0 Å². The van der Waals surface area contributed by atoms with E-state index in [1.807, 2.05) is 0 Å². The van der Waals surface area contributed by atoms with Crippen molar-refractivity contribution in [2.24, 2.45) is 0 Å². The summed E-state index contributed by atoms with van der Waals surface area (Å²) in [6.07, 6.45) is 0. The Kier molecular flexibility index (Phi) is 54.1. The van der Waals surface area contributed by atoms with E-state index in [4.69, 9.17) is 15.3 Å². The van der Waals surface area contributed by atoms with Gasteiger partial charge in [0.15, 0.2) is 0 Å². The third kappa shape index (κ3) is 137. The monoisotopic (exact) mass is 143 g/mol. The summed E-state index contributed by atoms with van der Waals surface area (Å²) in [5.41, 5.74) is 0. The molecule has 0 unspecified atom stereocenters. The van der Waals surface area contributed by atoms with Gasteiger partial charge in [0.1, 0.15) is 0 Å². The van der Waals surface area contributed by atoms with Gasteiger partial charge in [-0.05, 0) is 0 Å². The van der Waals surface area contributed by atoms with Crippen molar-refractivity contribution in [2.75, 3.05) is 0 Å². The molecule has 0 aromatic carbocycles. The third-order valence-corrected chi connectivity index (χ3v) is 0. The van der Waals surface area contributed by atoms with Gasteiger partial charge in [0.2, 0.25) is 0 Å². The topological polar surface area (TPSA) is 96.2 Å². The van der Waals surface area contributed by atoms with E-state index < -0.39 is 5.09 Å². The van der Waals surface area contributed by atoms with Crippen LogP contribution in [0, 0.1) is 15.3 Å². The van der Waals surface area contributed by atoms with E-state index in [0.29, 0.717) is 0 Å². The first-order chi connectivity index (χ1) is 1.73. The van der Waals surface area contributed by atoms with Crippen molar-refractivity contribution in [1.29, 1.82) is 0 Å². The molecule has 0 saturated carbocycles. The van der Waals surface area contributed by atoms with E-state index in [1.54, 1.807) is 0 Å². The minimum atomic E-state index is -1.75. The Bertz CT molecular complexity index is 34.7. The molecule has 0 rings (SSSR count). The van der Waals surface area contributed by atoms with Crippen LogP contribution in [0.3, 0.4) is 0 Å². The smallest absolute Gasteiger partial charge is 0.870 e. The predicted octanol–water partition coefficient (Wildman–Crippen LogP) is -1.18. The minimum Gasteiger partial charge on any atom is -0.870 e. The molecule has 0 spiro atoms. The van der Waals surface area contributed by atoms with Crippen LogP contribution in [0.2, 0.25) is 0 Å². The fourth-order valence-electron chi connectivity index (χ4n) is 0. The summed E-state index contributed by atoms with van der Waals surface area (Å²) in [7, 11) is 0. The van der Waals surface area contributed by atoms with Crippen molar-refractivity contribution in [3.63, 3.8) is 0 Å². The van der Waals surface area contributed by atoms with Crippen LogP contribution >= 0.6 is 0 Å². The second-order valence-electron chi connectivity index (χ2n) is 0.224. The molecule has 0 heterocycles. The zero-order valence-electron chi connectivity index (χ0n) is 3.53. The van der Waals surface area contributed by atoms with Crippen LogP contribution in [0.5, 0.6) is 0 Å². The van der Waals surface area contributed by atoms with Crippen LogP contribution in [0.25, 0.3) is 0 Å². The maximum absolute atomic E-state index is 8.25. The second kappa shape index (κ2) is 15.7. The molecular weight excluding hydrogens is 142 g/mol. The molecule has 0 aliphatic carbocycles. The van der Waals surface area contributed by atoms with Gasteiger partial charge >= 0.3 is 60.8 Å². The molecule has 0 amide bonds. The minimum absolute atomic E-state index is 0. The van der Waals surface area contributed by atoms with Crippen molar-refractivity contribution in [2.45, 2.75) is 0 Å². The number of rotatable bonds is 0. The normalized spacial score (nSPS) is 3.43. The van der Waals surface area contributed by atoms with Crippen LogP contribution in [-0.2, 0) is 0 Å². The van der Waals surface area contributed by atoms with Gasteiger partial charge in [-0.2, -0.15) is 0 Å². The van der Waals surface area contributed by atoms with Crippen LogP contribution in [0.15, 0.2) is 0 Å². The second-order valence-corrected chi connectivity index (χ2v) is 0.224. The van der Waals surface area contributed by atoms with Gasteiger partial charge in [0.25, 0.3) is 0 Å². The van der Waals surface area contributed by atoms with Gasteiger partial charge < -0.3 is 20.8 Å². The summed E-state index contributed by atoms with van der Waals surface area (Å²) >= 11 is 0. The quantitative estimate of drug-likeness (QED) is 0.242. The SMILES string of the molecule is O=[N+]([O-])[O-].[Ca+2].[Mg+2].[OH-]. The summed E-state index contributed by atoms with van der Waals surface area (Å²) in [4.78, 5) is 8.25. The Balaban J connectivity index is -0.0000000150. The van der Waals surface area contributed by atoms with E-state index in [1.165, 1.54) is 0 Å². The van der Waals surface area contributed by atoms with Gasteiger partial charge in [-0.25, -0.2) is 0 Å². The fraction of sp³-hybridized carbons (Fsp3) is 0. The Morgan fingerprint density at radius 2 is 1.29 bits per heavy atom. The molecule has 1 N–H and O–H groups in total. The Morgan fingerprint density at radius 3 is 1.29 bits per heavy atom. The first kappa shape index (κ1) is 24.1. The average Bonchev–Trinajstić information content (AvgIpc) is 0.811. The molecule has 0 aliphatic rings. The van der Waals surface area contributed by atoms with E-state index >= 15 is 0 Å². The molecule has 0 atom stereocenters. The van der Waals surface area contributed by atoms with Crippen LogP contribution in [-0.4, -0.2) is 71.4 Å². The molecule has 0 aliphatic heterocycles. The van der Waals surface area contributed by atoms with Gasteiger partial charge in [-0.1, -0.05) is 0 Å². The molecule has 0 aromatic rings. The first-order valence-corrected chi connectivity index (χ1v) is 0.548. The molecule has 7 heteroatoms. The van der Waals surface area contributed by atoms with E-state index in [2.05, 4.69) is 0 Å². The van der Waals surface area contributed by atoms with Crippen molar-refractivity contribution < 1.29 is 10.6 Å². The largest absolute Gasteiger partial charge is 2.00 e. The summed E-state index contributed by atoms with van der Waals surface area (Å²) in [6.45, 7) is 0. The molecular formula is HCaMgNO4+2. The molecule has 0 fully saturated rings. The van der Waals surface area contributed by atoms with E-state index in [9.17, 15) is 0 Å². The molecule has 32 valence electrons. The van der Waals surface area contributed by atoms with Gasteiger partial charge in [-0.3, -0.25) is 0 Å². The number of hydrogen-bond acceptors (Lipinski definition) is 4.